The Balaban J connectivity index is 1.90. The van der Waals surface area contributed by atoms with E-state index in [1.165, 1.54) is 5.56 Å². The molecular weight excluding hydrogens is 314 g/mol. The summed E-state index contributed by atoms with van der Waals surface area (Å²) in [5, 5.41) is 10.3. The Labute approximate surface area is 148 Å². The molecule has 5 nitrogen and oxygen atoms in total. The summed E-state index contributed by atoms with van der Waals surface area (Å²) >= 11 is 0. The lowest BCUT2D eigenvalue weighted by atomic mass is 10.1. The van der Waals surface area contributed by atoms with Gasteiger partial charge in [-0.1, -0.05) is 36.8 Å². The number of amidine groups is 2. The van der Waals surface area contributed by atoms with E-state index < -0.39 is 6.35 Å². The van der Waals surface area contributed by atoms with Gasteiger partial charge in [-0.2, -0.15) is 0 Å². The Morgan fingerprint density at radius 3 is 2.32 bits per heavy atom. The summed E-state index contributed by atoms with van der Waals surface area (Å²) in [6.07, 6.45) is 0.0135. The lowest BCUT2D eigenvalue weighted by Gasteiger charge is -2.28. The summed E-state index contributed by atoms with van der Waals surface area (Å²) in [5.41, 5.74) is 2.97. The molecule has 1 heterocycles. The summed E-state index contributed by atoms with van der Waals surface area (Å²) < 4.78 is 5.62. The molecule has 3 rings (SSSR count). The van der Waals surface area contributed by atoms with E-state index in [1.54, 1.807) is 11.9 Å². The van der Waals surface area contributed by atoms with E-state index in [4.69, 9.17) is 4.74 Å². The fraction of sp³-hybridized carbons (Fsp3) is 0.300. The molecule has 1 aliphatic rings. The number of rotatable bonds is 5. The molecule has 0 aliphatic carbocycles. The lowest BCUT2D eigenvalue weighted by Crippen LogP contribution is -2.40. The Morgan fingerprint density at radius 2 is 1.68 bits per heavy atom. The van der Waals surface area contributed by atoms with Gasteiger partial charge in [0.05, 0.1) is 6.61 Å². The number of nitrogens with zero attached hydrogens (tertiary/aromatic N) is 3. The summed E-state index contributed by atoms with van der Waals surface area (Å²) in [4.78, 5) is 10.6. The van der Waals surface area contributed by atoms with Crippen LogP contribution in [0.2, 0.25) is 0 Å². The minimum atomic E-state index is -0.958. The predicted octanol–water partition coefficient (Wildman–Crippen LogP) is 3.20. The highest BCUT2D eigenvalue weighted by atomic mass is 16.5. The molecule has 0 saturated heterocycles. The van der Waals surface area contributed by atoms with Gasteiger partial charge in [0.2, 0.25) is 6.35 Å². The highest BCUT2D eigenvalue weighted by Crippen LogP contribution is 2.19. The topological polar surface area (TPSA) is 57.4 Å². The van der Waals surface area contributed by atoms with Crippen molar-refractivity contribution in [3.05, 3.63) is 65.2 Å². The molecule has 0 spiro atoms. The van der Waals surface area contributed by atoms with Crippen LogP contribution in [0.3, 0.4) is 0 Å². The predicted molar refractivity (Wildman–Crippen MR) is 100 cm³/mol. The first-order chi connectivity index (χ1) is 12.1. The van der Waals surface area contributed by atoms with E-state index in [0.717, 1.165) is 23.3 Å². The Bertz CT molecular complexity index is 780. The molecule has 0 radical (unpaired) electrons. The van der Waals surface area contributed by atoms with Crippen molar-refractivity contribution in [2.24, 2.45) is 9.98 Å². The lowest BCUT2D eigenvalue weighted by molar-refractivity contribution is 0.0767. The molecule has 0 amide bonds. The molecule has 25 heavy (non-hydrogen) atoms. The smallest absolute Gasteiger partial charge is 0.228 e. The van der Waals surface area contributed by atoms with Crippen LogP contribution in [0.5, 0.6) is 5.75 Å². The molecule has 0 saturated carbocycles. The van der Waals surface area contributed by atoms with Crippen LogP contribution < -0.4 is 4.74 Å². The third-order valence-corrected chi connectivity index (χ3v) is 4.03. The summed E-state index contributed by atoms with van der Waals surface area (Å²) in [5.74, 6) is 2.05. The van der Waals surface area contributed by atoms with Gasteiger partial charge < -0.3 is 14.7 Å². The fourth-order valence-electron chi connectivity index (χ4n) is 2.54. The Morgan fingerprint density at radius 1 is 1.04 bits per heavy atom. The van der Waals surface area contributed by atoms with Crippen LogP contribution in [0.4, 0.5) is 0 Å². The quantitative estimate of drug-likeness (QED) is 0.911. The maximum absolute atomic E-state index is 10.3. The minimum absolute atomic E-state index is 0.534. The van der Waals surface area contributed by atoms with Gasteiger partial charge in [0.25, 0.3) is 0 Å². The molecule has 2 aromatic carbocycles. The summed E-state index contributed by atoms with van der Waals surface area (Å²) in [6, 6.07) is 15.7. The first-order valence-electron chi connectivity index (χ1n) is 8.46. The zero-order valence-corrected chi connectivity index (χ0v) is 14.8. The molecule has 1 N–H and O–H groups in total. The van der Waals surface area contributed by atoms with Crippen LogP contribution in [0.15, 0.2) is 58.5 Å². The number of hydrogen-bond donors (Lipinski definition) is 1. The van der Waals surface area contributed by atoms with Crippen LogP contribution >= 0.6 is 0 Å². The van der Waals surface area contributed by atoms with Crippen LogP contribution in [0.25, 0.3) is 0 Å². The minimum Gasteiger partial charge on any atom is -0.494 e. The molecular formula is C20H23N3O2. The standard InChI is InChI=1S/C20H23N3O2/c1-4-13-25-17-11-9-16(10-12-17)19-21-18(22-20(24)23(19)3)15-7-5-14(2)6-8-15/h5-12,20,24H,4,13H2,1-3H3. The van der Waals surface area contributed by atoms with Gasteiger partial charge in [-0.3, -0.25) is 0 Å². The van der Waals surface area contributed by atoms with Crippen molar-refractivity contribution in [1.82, 2.24) is 4.90 Å². The maximum Gasteiger partial charge on any atom is 0.228 e. The van der Waals surface area contributed by atoms with Gasteiger partial charge in [-0.25, -0.2) is 9.98 Å². The number of aliphatic hydroxyl groups excluding tert-OH is 1. The zero-order valence-electron chi connectivity index (χ0n) is 14.8. The largest absolute Gasteiger partial charge is 0.494 e. The molecule has 0 aromatic heterocycles. The number of aliphatic imine (C=N–C) groups is 2. The van der Waals surface area contributed by atoms with E-state index in [0.29, 0.717) is 18.3 Å². The van der Waals surface area contributed by atoms with Gasteiger partial charge >= 0.3 is 0 Å². The third kappa shape index (κ3) is 3.88. The average Bonchev–Trinajstić information content (AvgIpc) is 2.63. The van der Waals surface area contributed by atoms with E-state index in [9.17, 15) is 5.11 Å². The molecule has 0 bridgehead atoms. The molecule has 0 fully saturated rings. The SMILES string of the molecule is CCCOc1ccc(C2=NC(c3ccc(C)cc3)=NC(O)N2C)cc1. The number of benzene rings is 2. The van der Waals surface area contributed by atoms with E-state index in [-0.39, 0.29) is 0 Å². The van der Waals surface area contributed by atoms with Crippen molar-refractivity contribution in [3.63, 3.8) is 0 Å². The van der Waals surface area contributed by atoms with Crippen molar-refractivity contribution in [2.75, 3.05) is 13.7 Å². The first kappa shape index (κ1) is 17.2. The number of hydrogen-bond acceptors (Lipinski definition) is 5. The van der Waals surface area contributed by atoms with Crippen molar-refractivity contribution < 1.29 is 9.84 Å². The highest BCUT2D eigenvalue weighted by Gasteiger charge is 2.23. The number of ether oxygens (including phenoxy) is 1. The molecule has 1 atom stereocenters. The second-order valence-electron chi connectivity index (χ2n) is 6.08. The number of aliphatic hydroxyl groups is 1. The number of aryl methyl sites for hydroxylation is 1. The van der Waals surface area contributed by atoms with Crippen LogP contribution in [0.1, 0.15) is 30.0 Å². The monoisotopic (exact) mass is 337 g/mol. The third-order valence-electron chi connectivity index (χ3n) is 4.03. The van der Waals surface area contributed by atoms with Gasteiger partial charge in [0.1, 0.15) is 11.6 Å². The van der Waals surface area contributed by atoms with Crippen LogP contribution in [0, 0.1) is 6.92 Å². The van der Waals surface area contributed by atoms with E-state index >= 15 is 0 Å². The van der Waals surface area contributed by atoms with Crippen molar-refractivity contribution >= 4 is 11.7 Å². The van der Waals surface area contributed by atoms with Gasteiger partial charge in [0, 0.05) is 18.2 Å². The summed E-state index contributed by atoms with van der Waals surface area (Å²) in [6.45, 7) is 4.81. The van der Waals surface area contributed by atoms with Crippen molar-refractivity contribution in [3.8, 4) is 5.75 Å². The van der Waals surface area contributed by atoms with Crippen molar-refractivity contribution in [2.45, 2.75) is 26.6 Å². The first-order valence-corrected chi connectivity index (χ1v) is 8.46. The molecule has 1 aliphatic heterocycles. The Kier molecular flexibility index (Phi) is 5.14. The van der Waals surface area contributed by atoms with Crippen LogP contribution in [-0.2, 0) is 0 Å². The highest BCUT2D eigenvalue weighted by molar-refractivity contribution is 6.12. The van der Waals surface area contributed by atoms with Crippen molar-refractivity contribution in [1.29, 1.82) is 0 Å². The van der Waals surface area contributed by atoms with Gasteiger partial charge in [-0.15, -0.1) is 0 Å². The normalized spacial score (nSPS) is 17.1. The molecule has 5 heteroatoms. The second-order valence-corrected chi connectivity index (χ2v) is 6.08. The van der Waals surface area contributed by atoms with Crippen LogP contribution in [-0.4, -0.2) is 41.7 Å². The molecule has 2 aromatic rings. The fourth-order valence-corrected chi connectivity index (χ4v) is 2.54. The van der Waals surface area contributed by atoms with E-state index in [1.807, 2.05) is 55.5 Å². The molecule has 1 unspecified atom stereocenters. The maximum atomic E-state index is 10.3. The Hall–Kier alpha value is -2.66. The van der Waals surface area contributed by atoms with E-state index in [2.05, 4.69) is 16.9 Å². The second kappa shape index (κ2) is 7.49. The van der Waals surface area contributed by atoms with Gasteiger partial charge in [0.15, 0.2) is 5.84 Å². The molecule has 130 valence electrons. The summed E-state index contributed by atoms with van der Waals surface area (Å²) in [7, 11) is 1.78. The zero-order chi connectivity index (χ0) is 17.8. The van der Waals surface area contributed by atoms with Gasteiger partial charge in [-0.05, 0) is 37.6 Å². The average molecular weight is 337 g/mol.